The van der Waals surface area contributed by atoms with Crippen molar-refractivity contribution in [2.75, 3.05) is 13.7 Å². The maximum atomic E-state index is 12.9. The van der Waals surface area contributed by atoms with Crippen LogP contribution in [0, 0.1) is 0 Å². The normalized spacial score (nSPS) is 11.7. The van der Waals surface area contributed by atoms with E-state index in [1.165, 1.54) is 0 Å². The predicted molar refractivity (Wildman–Crippen MR) is 105 cm³/mol. The number of carbonyl (C=O) groups excluding carboxylic acids is 1. The summed E-state index contributed by atoms with van der Waals surface area (Å²) < 4.78 is 17.0. The Bertz CT molecular complexity index is 894. The fourth-order valence-electron chi connectivity index (χ4n) is 2.77. The van der Waals surface area contributed by atoms with Gasteiger partial charge in [0.05, 0.1) is 18.9 Å². The SMILES string of the molecule is CCOc1cc(C(=O)N(C)C(C)c2ccco2)ccc1OCc1cccnc1. The highest BCUT2D eigenvalue weighted by molar-refractivity contribution is 5.95. The van der Waals surface area contributed by atoms with Gasteiger partial charge in [-0.1, -0.05) is 6.07 Å². The third kappa shape index (κ3) is 4.52. The van der Waals surface area contributed by atoms with Crippen molar-refractivity contribution >= 4 is 5.91 Å². The van der Waals surface area contributed by atoms with Crippen LogP contribution in [-0.4, -0.2) is 29.4 Å². The summed E-state index contributed by atoms with van der Waals surface area (Å²) in [5, 5.41) is 0. The minimum absolute atomic E-state index is 0.122. The molecule has 0 aliphatic rings. The van der Waals surface area contributed by atoms with E-state index in [9.17, 15) is 4.79 Å². The van der Waals surface area contributed by atoms with Crippen LogP contribution in [0.3, 0.4) is 0 Å². The zero-order chi connectivity index (χ0) is 19.9. The monoisotopic (exact) mass is 380 g/mol. The lowest BCUT2D eigenvalue weighted by Crippen LogP contribution is -2.29. The first-order valence-corrected chi connectivity index (χ1v) is 9.19. The van der Waals surface area contributed by atoms with Crippen LogP contribution in [0.15, 0.2) is 65.5 Å². The molecule has 2 aromatic heterocycles. The minimum atomic E-state index is -0.181. The van der Waals surface area contributed by atoms with Crippen LogP contribution in [0.1, 0.15) is 41.6 Å². The van der Waals surface area contributed by atoms with Gasteiger partial charge in [0.1, 0.15) is 12.4 Å². The van der Waals surface area contributed by atoms with Gasteiger partial charge in [0.15, 0.2) is 11.5 Å². The average Bonchev–Trinajstić information content (AvgIpc) is 3.27. The molecular formula is C22H24N2O4. The Kier molecular flexibility index (Phi) is 6.32. The Labute approximate surface area is 164 Å². The Morgan fingerprint density at radius 1 is 1.18 bits per heavy atom. The molecular weight excluding hydrogens is 356 g/mol. The van der Waals surface area contributed by atoms with E-state index in [1.807, 2.05) is 38.1 Å². The minimum Gasteiger partial charge on any atom is -0.490 e. The molecule has 6 heteroatoms. The third-order valence-electron chi connectivity index (χ3n) is 4.46. The van der Waals surface area contributed by atoms with E-state index < -0.39 is 0 Å². The van der Waals surface area contributed by atoms with Crippen molar-refractivity contribution in [3.63, 3.8) is 0 Å². The second-order valence-corrected chi connectivity index (χ2v) is 6.35. The molecule has 0 spiro atoms. The molecule has 6 nitrogen and oxygen atoms in total. The van der Waals surface area contributed by atoms with Crippen molar-refractivity contribution in [2.24, 2.45) is 0 Å². The number of nitrogens with zero attached hydrogens (tertiary/aromatic N) is 2. The zero-order valence-electron chi connectivity index (χ0n) is 16.3. The summed E-state index contributed by atoms with van der Waals surface area (Å²) in [6.45, 7) is 4.66. The van der Waals surface area contributed by atoms with Gasteiger partial charge in [-0.15, -0.1) is 0 Å². The molecule has 0 bridgehead atoms. The van der Waals surface area contributed by atoms with Crippen molar-refractivity contribution in [2.45, 2.75) is 26.5 Å². The number of benzene rings is 1. The number of aromatic nitrogens is 1. The molecule has 1 unspecified atom stereocenters. The number of ether oxygens (including phenoxy) is 2. The van der Waals surface area contributed by atoms with Gasteiger partial charge < -0.3 is 18.8 Å². The highest BCUT2D eigenvalue weighted by atomic mass is 16.5. The van der Waals surface area contributed by atoms with Crippen LogP contribution in [0.2, 0.25) is 0 Å². The van der Waals surface area contributed by atoms with E-state index in [1.54, 1.807) is 48.8 Å². The summed E-state index contributed by atoms with van der Waals surface area (Å²) in [5.74, 6) is 1.74. The van der Waals surface area contributed by atoms with E-state index in [0.29, 0.717) is 30.3 Å². The fraction of sp³-hybridized carbons (Fsp3) is 0.273. The number of furan rings is 1. The molecule has 0 saturated carbocycles. The summed E-state index contributed by atoms with van der Waals surface area (Å²) in [5.41, 5.74) is 1.48. The molecule has 3 aromatic rings. The first-order valence-electron chi connectivity index (χ1n) is 9.19. The average molecular weight is 380 g/mol. The fourth-order valence-corrected chi connectivity index (χ4v) is 2.77. The molecule has 1 aromatic carbocycles. The topological polar surface area (TPSA) is 64.8 Å². The molecule has 0 N–H and O–H groups in total. The van der Waals surface area contributed by atoms with Crippen LogP contribution in [0.25, 0.3) is 0 Å². The van der Waals surface area contributed by atoms with Crippen molar-refractivity contribution in [3.8, 4) is 11.5 Å². The van der Waals surface area contributed by atoms with Gasteiger partial charge in [-0.3, -0.25) is 9.78 Å². The van der Waals surface area contributed by atoms with Gasteiger partial charge in [0, 0.05) is 30.6 Å². The molecule has 1 atom stereocenters. The summed E-state index contributed by atoms with van der Waals surface area (Å²) in [4.78, 5) is 18.6. The standard InChI is InChI=1S/C22H24N2O4/c1-4-26-21-13-18(22(25)24(3)16(2)19-8-6-12-27-19)9-10-20(21)28-15-17-7-5-11-23-14-17/h5-14,16H,4,15H2,1-3H3. The lowest BCUT2D eigenvalue weighted by molar-refractivity contribution is 0.0725. The van der Waals surface area contributed by atoms with Gasteiger partial charge in [0.2, 0.25) is 0 Å². The number of rotatable bonds is 8. The summed E-state index contributed by atoms with van der Waals surface area (Å²) in [6, 6.07) is 12.5. The number of amides is 1. The Balaban J connectivity index is 1.76. The Morgan fingerprint density at radius 3 is 2.71 bits per heavy atom. The zero-order valence-corrected chi connectivity index (χ0v) is 16.3. The number of carbonyl (C=O) groups is 1. The van der Waals surface area contributed by atoms with Gasteiger partial charge >= 0.3 is 0 Å². The van der Waals surface area contributed by atoms with Crippen molar-refractivity contribution in [1.82, 2.24) is 9.88 Å². The van der Waals surface area contributed by atoms with Crippen LogP contribution >= 0.6 is 0 Å². The molecule has 146 valence electrons. The Morgan fingerprint density at radius 2 is 2.04 bits per heavy atom. The Hall–Kier alpha value is -3.28. The second-order valence-electron chi connectivity index (χ2n) is 6.35. The van der Waals surface area contributed by atoms with Gasteiger partial charge in [0.25, 0.3) is 5.91 Å². The van der Waals surface area contributed by atoms with Crippen molar-refractivity contribution < 1.29 is 18.7 Å². The molecule has 0 aliphatic heterocycles. The van der Waals surface area contributed by atoms with Crippen molar-refractivity contribution in [3.05, 3.63) is 78.0 Å². The summed E-state index contributed by atoms with van der Waals surface area (Å²) in [6.07, 6.45) is 5.07. The first-order chi connectivity index (χ1) is 13.6. The van der Waals surface area contributed by atoms with Gasteiger partial charge in [-0.2, -0.15) is 0 Å². The molecule has 0 fully saturated rings. The maximum Gasteiger partial charge on any atom is 0.254 e. The highest BCUT2D eigenvalue weighted by Crippen LogP contribution is 2.30. The van der Waals surface area contributed by atoms with Crippen molar-refractivity contribution in [1.29, 1.82) is 0 Å². The molecule has 3 rings (SSSR count). The van der Waals surface area contributed by atoms with E-state index >= 15 is 0 Å². The van der Waals surface area contributed by atoms with E-state index in [0.717, 1.165) is 11.3 Å². The number of hydrogen-bond acceptors (Lipinski definition) is 5. The van der Waals surface area contributed by atoms with E-state index in [-0.39, 0.29) is 11.9 Å². The summed E-state index contributed by atoms with van der Waals surface area (Å²) in [7, 11) is 1.75. The third-order valence-corrected chi connectivity index (χ3v) is 4.46. The summed E-state index contributed by atoms with van der Waals surface area (Å²) >= 11 is 0. The molecule has 2 heterocycles. The number of hydrogen-bond donors (Lipinski definition) is 0. The van der Waals surface area contributed by atoms with Crippen LogP contribution in [0.4, 0.5) is 0 Å². The van der Waals surface area contributed by atoms with Gasteiger partial charge in [-0.25, -0.2) is 0 Å². The van der Waals surface area contributed by atoms with Crippen LogP contribution < -0.4 is 9.47 Å². The molecule has 0 aliphatic carbocycles. The second kappa shape index (κ2) is 9.08. The lowest BCUT2D eigenvalue weighted by atomic mass is 10.1. The van der Waals surface area contributed by atoms with E-state index in [4.69, 9.17) is 13.9 Å². The number of pyridine rings is 1. The largest absolute Gasteiger partial charge is 0.490 e. The molecule has 0 radical (unpaired) electrons. The van der Waals surface area contributed by atoms with Gasteiger partial charge in [-0.05, 0) is 50.2 Å². The van der Waals surface area contributed by atoms with Crippen LogP contribution in [0.5, 0.6) is 11.5 Å². The molecule has 0 saturated heterocycles. The molecule has 1 amide bonds. The first kappa shape index (κ1) is 19.5. The molecule has 28 heavy (non-hydrogen) atoms. The lowest BCUT2D eigenvalue weighted by Gasteiger charge is -2.24. The predicted octanol–water partition coefficient (Wildman–Crippen LogP) is 4.49. The smallest absolute Gasteiger partial charge is 0.254 e. The quantitative estimate of drug-likeness (QED) is 0.576. The van der Waals surface area contributed by atoms with Crippen LogP contribution in [-0.2, 0) is 6.61 Å². The van der Waals surface area contributed by atoms with E-state index in [2.05, 4.69) is 4.98 Å². The highest BCUT2D eigenvalue weighted by Gasteiger charge is 2.22. The maximum absolute atomic E-state index is 12.9.